The lowest BCUT2D eigenvalue weighted by molar-refractivity contribution is -0.0967. The van der Waals surface area contributed by atoms with Gasteiger partial charge in [-0.25, -0.2) is 15.0 Å². The summed E-state index contributed by atoms with van der Waals surface area (Å²) in [5.41, 5.74) is 3.57. The number of carbonyl (C=O) groups is 1. The number of benzene rings is 1. The highest BCUT2D eigenvalue weighted by molar-refractivity contribution is 5.93. The minimum atomic E-state index is -0.451. The normalized spacial score (nSPS) is 17.7. The van der Waals surface area contributed by atoms with Gasteiger partial charge in [-0.1, -0.05) is 12.1 Å². The molecule has 0 radical (unpaired) electrons. The second kappa shape index (κ2) is 7.28. The van der Waals surface area contributed by atoms with Gasteiger partial charge in [0.05, 0.1) is 29.5 Å². The highest BCUT2D eigenvalue weighted by atomic mass is 16.5. The zero-order valence-corrected chi connectivity index (χ0v) is 17.2. The average molecular weight is 404 g/mol. The summed E-state index contributed by atoms with van der Waals surface area (Å²) < 4.78 is 6.28. The third-order valence-corrected chi connectivity index (χ3v) is 5.96. The standard InChI is InChI=1S/C22H24N6O2/c1-27(2)21-24-13-15-7-12-30-22(19(15)26-21)8-10-28(11-9-22)20(29)18-14-23-16-5-3-4-6-17(16)25-18/h3-6,13-14H,7-12H2,1-2H3. The molecule has 8 heteroatoms. The van der Waals surface area contributed by atoms with Gasteiger partial charge < -0.3 is 14.5 Å². The molecular formula is C22H24N6O2. The quantitative estimate of drug-likeness (QED) is 0.647. The maximum Gasteiger partial charge on any atom is 0.274 e. The maximum absolute atomic E-state index is 13.1. The molecule has 1 saturated heterocycles. The number of aromatic nitrogens is 4. The number of nitrogens with zero attached hydrogens (tertiary/aromatic N) is 6. The predicted molar refractivity (Wildman–Crippen MR) is 112 cm³/mol. The molecule has 1 fully saturated rings. The minimum Gasteiger partial charge on any atom is -0.368 e. The molecular weight excluding hydrogens is 380 g/mol. The number of carbonyl (C=O) groups excluding carboxylic acids is 1. The van der Waals surface area contributed by atoms with Crippen molar-refractivity contribution in [2.75, 3.05) is 38.7 Å². The highest BCUT2D eigenvalue weighted by Crippen LogP contribution is 2.41. The topological polar surface area (TPSA) is 84.3 Å². The molecule has 0 saturated carbocycles. The molecule has 30 heavy (non-hydrogen) atoms. The van der Waals surface area contributed by atoms with Crippen molar-refractivity contribution >= 4 is 22.9 Å². The van der Waals surface area contributed by atoms with Crippen molar-refractivity contribution in [3.8, 4) is 0 Å². The van der Waals surface area contributed by atoms with Crippen molar-refractivity contribution in [3.63, 3.8) is 0 Å². The number of likely N-dealkylation sites (tertiary alicyclic amines) is 1. The Hall–Kier alpha value is -3.13. The molecule has 2 aliphatic rings. The SMILES string of the molecule is CN(C)c1ncc2c(n1)C1(CCN(C(=O)c3cnc4ccccc4n3)CC1)OCC2. The van der Waals surface area contributed by atoms with E-state index in [0.717, 1.165) is 28.7 Å². The van der Waals surface area contributed by atoms with Crippen LogP contribution in [-0.4, -0.2) is 64.5 Å². The van der Waals surface area contributed by atoms with Crippen LogP contribution in [0.25, 0.3) is 11.0 Å². The van der Waals surface area contributed by atoms with Gasteiger partial charge in [0.1, 0.15) is 11.3 Å². The molecule has 154 valence electrons. The number of piperidine rings is 1. The summed E-state index contributed by atoms with van der Waals surface area (Å²) in [4.78, 5) is 35.0. The van der Waals surface area contributed by atoms with Crippen LogP contribution in [0.4, 0.5) is 5.95 Å². The van der Waals surface area contributed by atoms with Crippen LogP contribution in [-0.2, 0) is 16.8 Å². The molecule has 0 N–H and O–H groups in total. The highest BCUT2D eigenvalue weighted by Gasteiger charge is 2.43. The van der Waals surface area contributed by atoms with Crippen molar-refractivity contribution < 1.29 is 9.53 Å². The number of amides is 1. The van der Waals surface area contributed by atoms with Gasteiger partial charge in [-0.15, -0.1) is 0 Å². The van der Waals surface area contributed by atoms with Crippen LogP contribution >= 0.6 is 0 Å². The van der Waals surface area contributed by atoms with Gasteiger partial charge in [0.2, 0.25) is 5.95 Å². The van der Waals surface area contributed by atoms with E-state index < -0.39 is 5.60 Å². The summed E-state index contributed by atoms with van der Waals surface area (Å²) >= 11 is 0. The fraction of sp³-hybridized carbons (Fsp3) is 0.409. The fourth-order valence-electron chi connectivity index (χ4n) is 4.29. The van der Waals surface area contributed by atoms with Crippen molar-refractivity contribution in [1.29, 1.82) is 0 Å². The van der Waals surface area contributed by atoms with Crippen LogP contribution < -0.4 is 4.90 Å². The molecule has 2 aromatic heterocycles. The molecule has 0 unspecified atom stereocenters. The molecule has 0 atom stereocenters. The zero-order valence-electron chi connectivity index (χ0n) is 17.2. The second-order valence-corrected chi connectivity index (χ2v) is 8.07. The van der Waals surface area contributed by atoms with Gasteiger partial charge in [-0.3, -0.25) is 9.78 Å². The van der Waals surface area contributed by atoms with E-state index >= 15 is 0 Å². The van der Waals surface area contributed by atoms with E-state index in [1.165, 1.54) is 0 Å². The third-order valence-electron chi connectivity index (χ3n) is 5.96. The first-order chi connectivity index (χ1) is 14.6. The Morgan fingerprint density at radius 1 is 1.07 bits per heavy atom. The van der Waals surface area contributed by atoms with E-state index in [-0.39, 0.29) is 5.91 Å². The molecule has 3 aromatic rings. The Kier molecular flexibility index (Phi) is 4.58. The van der Waals surface area contributed by atoms with Gasteiger partial charge in [0, 0.05) is 33.4 Å². The number of ether oxygens (including phenoxy) is 1. The fourth-order valence-corrected chi connectivity index (χ4v) is 4.29. The Morgan fingerprint density at radius 3 is 2.60 bits per heavy atom. The van der Waals surface area contributed by atoms with Crippen molar-refractivity contribution in [1.82, 2.24) is 24.8 Å². The van der Waals surface area contributed by atoms with Crippen LogP contribution in [0.1, 0.15) is 34.6 Å². The first kappa shape index (κ1) is 18.9. The van der Waals surface area contributed by atoms with E-state index in [9.17, 15) is 4.79 Å². The lowest BCUT2D eigenvalue weighted by atomic mass is 9.83. The van der Waals surface area contributed by atoms with Gasteiger partial charge in [-0.05, 0) is 37.0 Å². The molecule has 2 aliphatic heterocycles. The second-order valence-electron chi connectivity index (χ2n) is 8.07. The average Bonchev–Trinajstić information content (AvgIpc) is 2.79. The smallest absolute Gasteiger partial charge is 0.274 e. The predicted octanol–water partition coefficient (Wildman–Crippen LogP) is 2.19. The largest absolute Gasteiger partial charge is 0.368 e. The number of anilines is 1. The first-order valence-electron chi connectivity index (χ1n) is 10.2. The molecule has 1 amide bonds. The van der Waals surface area contributed by atoms with Crippen LogP contribution in [0.2, 0.25) is 0 Å². The lowest BCUT2D eigenvalue weighted by Crippen LogP contribution is -2.49. The zero-order chi connectivity index (χ0) is 20.7. The van der Waals surface area contributed by atoms with E-state index in [2.05, 4.69) is 15.0 Å². The molecule has 4 heterocycles. The summed E-state index contributed by atoms with van der Waals surface area (Å²) in [6.45, 7) is 1.84. The third kappa shape index (κ3) is 3.17. The summed E-state index contributed by atoms with van der Waals surface area (Å²) in [6.07, 6.45) is 5.72. The van der Waals surface area contributed by atoms with E-state index in [4.69, 9.17) is 9.72 Å². The molecule has 0 bridgehead atoms. The van der Waals surface area contributed by atoms with Crippen molar-refractivity contribution in [2.45, 2.75) is 24.9 Å². The Bertz CT molecular complexity index is 1110. The minimum absolute atomic E-state index is 0.0872. The molecule has 8 nitrogen and oxygen atoms in total. The number of hydrogen-bond acceptors (Lipinski definition) is 7. The van der Waals surface area contributed by atoms with Crippen LogP contribution in [0.15, 0.2) is 36.7 Å². The van der Waals surface area contributed by atoms with Gasteiger partial charge in [-0.2, -0.15) is 0 Å². The summed E-state index contributed by atoms with van der Waals surface area (Å²) in [6, 6.07) is 7.58. The Morgan fingerprint density at radius 2 is 1.83 bits per heavy atom. The van der Waals surface area contributed by atoms with Crippen LogP contribution in [0.3, 0.4) is 0 Å². The number of fused-ring (bicyclic) bond motifs is 3. The summed E-state index contributed by atoms with van der Waals surface area (Å²) in [5.74, 6) is 0.597. The van der Waals surface area contributed by atoms with Crippen molar-refractivity contribution in [3.05, 3.63) is 53.6 Å². The van der Waals surface area contributed by atoms with Crippen LogP contribution in [0.5, 0.6) is 0 Å². The molecule has 1 spiro atoms. The van der Waals surface area contributed by atoms with E-state index in [1.54, 1.807) is 6.20 Å². The first-order valence-corrected chi connectivity index (χ1v) is 10.2. The molecule has 0 aliphatic carbocycles. The van der Waals surface area contributed by atoms with Crippen LogP contribution in [0, 0.1) is 0 Å². The Balaban J connectivity index is 1.37. The van der Waals surface area contributed by atoms with Gasteiger partial charge in [0.15, 0.2) is 0 Å². The number of rotatable bonds is 2. The number of hydrogen-bond donors (Lipinski definition) is 0. The van der Waals surface area contributed by atoms with Crippen molar-refractivity contribution in [2.24, 2.45) is 0 Å². The van der Waals surface area contributed by atoms with E-state index in [1.807, 2.05) is 54.4 Å². The lowest BCUT2D eigenvalue weighted by Gasteiger charge is -2.44. The maximum atomic E-state index is 13.1. The molecule has 1 aromatic carbocycles. The van der Waals surface area contributed by atoms with Gasteiger partial charge in [0.25, 0.3) is 5.91 Å². The summed E-state index contributed by atoms with van der Waals surface area (Å²) in [5, 5.41) is 0. The van der Waals surface area contributed by atoms with Gasteiger partial charge >= 0.3 is 0 Å². The molecule has 5 rings (SSSR count). The Labute approximate surface area is 174 Å². The monoisotopic (exact) mass is 404 g/mol. The number of para-hydroxylation sites is 2. The van der Waals surface area contributed by atoms with E-state index in [0.29, 0.717) is 44.2 Å². The summed E-state index contributed by atoms with van der Waals surface area (Å²) in [7, 11) is 3.87.